The molecule has 1 unspecified atom stereocenters. The molecule has 2 aromatic heterocycles. The summed E-state index contributed by atoms with van der Waals surface area (Å²) in [5.74, 6) is 1.27. The number of anilines is 4. The summed E-state index contributed by atoms with van der Waals surface area (Å²) in [6.07, 6.45) is 2.51. The largest absolute Gasteiger partial charge is 0.491 e. The predicted molar refractivity (Wildman–Crippen MR) is 98.5 cm³/mol. The maximum Gasteiger partial charge on any atom is 0.211 e. The number of hydrogen-bond donors (Lipinski definition) is 3. The molecule has 0 saturated carbocycles. The van der Waals surface area contributed by atoms with Crippen molar-refractivity contribution in [1.29, 1.82) is 0 Å². The van der Waals surface area contributed by atoms with Gasteiger partial charge in [0.25, 0.3) is 0 Å². The normalized spacial score (nSPS) is 15.8. The van der Waals surface area contributed by atoms with Crippen molar-refractivity contribution in [3.8, 4) is 5.75 Å². The van der Waals surface area contributed by atoms with Gasteiger partial charge in [-0.1, -0.05) is 0 Å². The van der Waals surface area contributed by atoms with Crippen molar-refractivity contribution in [2.24, 2.45) is 0 Å². The summed E-state index contributed by atoms with van der Waals surface area (Å²) >= 11 is 0. The Kier molecular flexibility index (Phi) is 3.77. The first-order chi connectivity index (χ1) is 12.2. The molecule has 7 nitrogen and oxygen atoms in total. The van der Waals surface area contributed by atoms with E-state index in [4.69, 9.17) is 4.74 Å². The Labute approximate surface area is 145 Å². The van der Waals surface area contributed by atoms with Crippen LogP contribution in [0.2, 0.25) is 0 Å². The van der Waals surface area contributed by atoms with E-state index >= 15 is 0 Å². The van der Waals surface area contributed by atoms with E-state index in [0.29, 0.717) is 18.2 Å². The molecule has 128 valence electrons. The highest BCUT2D eigenvalue weighted by Crippen LogP contribution is 2.45. The Morgan fingerprint density at radius 1 is 1.24 bits per heavy atom. The lowest BCUT2D eigenvalue weighted by atomic mass is 10.1. The van der Waals surface area contributed by atoms with Gasteiger partial charge < -0.3 is 20.5 Å². The summed E-state index contributed by atoms with van der Waals surface area (Å²) in [6, 6.07) is 9.59. The Balaban J connectivity index is 1.87. The standard InChI is InChI=1S/C18H19N5O2/c1-3-25-15-7-9-21-17-16(15)23(18(24)22-17)11-4-5-14-12(10-11)13(19-2)6-8-20-14/h4-10,18,24H,3H2,1-2H3,(H,19,20)(H,21,22). The van der Waals surface area contributed by atoms with Gasteiger partial charge in [0, 0.05) is 42.3 Å². The molecule has 3 N–H and O–H groups in total. The van der Waals surface area contributed by atoms with Gasteiger partial charge in [0.15, 0.2) is 5.82 Å². The summed E-state index contributed by atoms with van der Waals surface area (Å²) in [4.78, 5) is 10.5. The molecule has 1 aromatic carbocycles. The zero-order valence-corrected chi connectivity index (χ0v) is 14.0. The lowest BCUT2D eigenvalue weighted by molar-refractivity contribution is 0.215. The Bertz CT molecular complexity index is 930. The highest BCUT2D eigenvalue weighted by Gasteiger charge is 2.32. The van der Waals surface area contributed by atoms with Gasteiger partial charge in [-0.15, -0.1) is 0 Å². The predicted octanol–water partition coefficient (Wildman–Crippen LogP) is 2.91. The first-order valence-corrected chi connectivity index (χ1v) is 8.15. The van der Waals surface area contributed by atoms with Crippen LogP contribution in [0.25, 0.3) is 10.9 Å². The molecule has 1 aliphatic heterocycles. The van der Waals surface area contributed by atoms with Crippen LogP contribution < -0.4 is 20.3 Å². The lowest BCUT2D eigenvalue weighted by Crippen LogP contribution is -2.31. The number of fused-ring (bicyclic) bond motifs is 2. The summed E-state index contributed by atoms with van der Waals surface area (Å²) in [5.41, 5.74) is 3.41. The maximum absolute atomic E-state index is 10.5. The van der Waals surface area contributed by atoms with E-state index in [0.717, 1.165) is 28.0 Å². The Morgan fingerprint density at radius 3 is 2.88 bits per heavy atom. The van der Waals surface area contributed by atoms with E-state index in [2.05, 4.69) is 20.6 Å². The van der Waals surface area contributed by atoms with Gasteiger partial charge >= 0.3 is 0 Å². The summed E-state index contributed by atoms with van der Waals surface area (Å²) in [6.45, 7) is 2.46. The third kappa shape index (κ3) is 2.49. The van der Waals surface area contributed by atoms with Crippen molar-refractivity contribution >= 4 is 33.8 Å². The minimum absolute atomic E-state index is 0.534. The van der Waals surface area contributed by atoms with Crippen molar-refractivity contribution in [3.63, 3.8) is 0 Å². The average Bonchev–Trinajstić information content (AvgIpc) is 2.98. The van der Waals surface area contributed by atoms with E-state index in [1.165, 1.54) is 0 Å². The monoisotopic (exact) mass is 337 g/mol. The zero-order chi connectivity index (χ0) is 17.4. The lowest BCUT2D eigenvalue weighted by Gasteiger charge is -2.24. The number of pyridine rings is 2. The molecule has 4 rings (SSSR count). The molecule has 3 aromatic rings. The average molecular weight is 337 g/mol. The molecule has 1 atom stereocenters. The highest BCUT2D eigenvalue weighted by molar-refractivity contribution is 5.95. The van der Waals surface area contributed by atoms with Gasteiger partial charge in [-0.25, -0.2) is 4.98 Å². The maximum atomic E-state index is 10.5. The van der Waals surface area contributed by atoms with Crippen LogP contribution in [0.5, 0.6) is 5.75 Å². The molecule has 0 amide bonds. The van der Waals surface area contributed by atoms with E-state index in [-0.39, 0.29) is 0 Å². The summed E-state index contributed by atoms with van der Waals surface area (Å²) in [7, 11) is 1.88. The van der Waals surface area contributed by atoms with Crippen LogP contribution >= 0.6 is 0 Å². The second-order valence-corrected chi connectivity index (χ2v) is 5.64. The van der Waals surface area contributed by atoms with Gasteiger partial charge in [0.1, 0.15) is 11.4 Å². The van der Waals surface area contributed by atoms with Crippen molar-refractivity contribution in [2.75, 3.05) is 29.2 Å². The molecule has 3 heterocycles. The van der Waals surface area contributed by atoms with Gasteiger partial charge in [0.2, 0.25) is 6.35 Å². The number of aliphatic hydroxyl groups is 1. The molecule has 0 saturated heterocycles. The quantitative estimate of drug-likeness (QED) is 0.675. The van der Waals surface area contributed by atoms with Crippen molar-refractivity contribution in [3.05, 3.63) is 42.7 Å². The topological polar surface area (TPSA) is 82.5 Å². The van der Waals surface area contributed by atoms with Crippen LogP contribution in [0.3, 0.4) is 0 Å². The zero-order valence-electron chi connectivity index (χ0n) is 14.0. The van der Waals surface area contributed by atoms with Crippen molar-refractivity contribution in [2.45, 2.75) is 13.3 Å². The van der Waals surface area contributed by atoms with Gasteiger partial charge in [0.05, 0.1) is 12.1 Å². The second kappa shape index (κ2) is 6.10. The molecule has 0 fully saturated rings. The number of hydrogen-bond acceptors (Lipinski definition) is 7. The molecule has 7 heteroatoms. The molecule has 0 aliphatic carbocycles. The van der Waals surface area contributed by atoms with Crippen LogP contribution in [0, 0.1) is 0 Å². The molecule has 0 radical (unpaired) electrons. The minimum atomic E-state index is -0.920. The second-order valence-electron chi connectivity index (χ2n) is 5.64. The SMILES string of the molecule is CCOc1ccnc2c1N(c1ccc3nccc(NC)c3c1)C(O)N2. The van der Waals surface area contributed by atoms with Gasteiger partial charge in [-0.3, -0.25) is 9.88 Å². The van der Waals surface area contributed by atoms with Crippen molar-refractivity contribution < 1.29 is 9.84 Å². The fraction of sp³-hybridized carbons (Fsp3) is 0.222. The first kappa shape index (κ1) is 15.5. The van der Waals surface area contributed by atoms with E-state index in [1.54, 1.807) is 23.4 Å². The smallest absolute Gasteiger partial charge is 0.211 e. The summed E-state index contributed by atoms with van der Waals surface area (Å²) < 4.78 is 5.72. The number of nitrogens with zero attached hydrogens (tertiary/aromatic N) is 3. The van der Waals surface area contributed by atoms with E-state index in [9.17, 15) is 5.11 Å². The van der Waals surface area contributed by atoms with Crippen LogP contribution in [-0.2, 0) is 0 Å². The van der Waals surface area contributed by atoms with E-state index in [1.807, 2.05) is 38.2 Å². The minimum Gasteiger partial charge on any atom is -0.491 e. The molecule has 0 spiro atoms. The summed E-state index contributed by atoms with van der Waals surface area (Å²) in [5, 5.41) is 17.7. The highest BCUT2D eigenvalue weighted by atomic mass is 16.5. The van der Waals surface area contributed by atoms with Crippen LogP contribution in [-0.4, -0.2) is 35.1 Å². The van der Waals surface area contributed by atoms with Gasteiger partial charge in [-0.05, 0) is 31.2 Å². The molecule has 1 aliphatic rings. The number of ether oxygens (including phenoxy) is 1. The van der Waals surface area contributed by atoms with E-state index < -0.39 is 6.35 Å². The number of aliphatic hydroxyl groups excluding tert-OH is 1. The van der Waals surface area contributed by atoms with Crippen LogP contribution in [0.15, 0.2) is 42.7 Å². The molecular formula is C18H19N5O2. The third-order valence-corrected chi connectivity index (χ3v) is 4.21. The Hall–Kier alpha value is -3.06. The van der Waals surface area contributed by atoms with Crippen LogP contribution in [0.1, 0.15) is 6.92 Å². The fourth-order valence-electron chi connectivity index (χ4n) is 3.13. The fourth-order valence-corrected chi connectivity index (χ4v) is 3.13. The third-order valence-electron chi connectivity index (χ3n) is 4.21. The number of benzene rings is 1. The first-order valence-electron chi connectivity index (χ1n) is 8.15. The molecule has 0 bridgehead atoms. The van der Waals surface area contributed by atoms with Crippen molar-refractivity contribution in [1.82, 2.24) is 9.97 Å². The number of rotatable bonds is 4. The molecule has 25 heavy (non-hydrogen) atoms. The number of nitrogens with one attached hydrogen (secondary N) is 2. The van der Waals surface area contributed by atoms with Gasteiger partial charge in [-0.2, -0.15) is 0 Å². The molecular weight excluding hydrogens is 318 g/mol. The van der Waals surface area contributed by atoms with Crippen LogP contribution in [0.4, 0.5) is 22.9 Å². The number of aromatic nitrogens is 2. The Morgan fingerprint density at radius 2 is 2.08 bits per heavy atom.